The van der Waals surface area contributed by atoms with Gasteiger partial charge in [0.15, 0.2) is 0 Å². The van der Waals surface area contributed by atoms with Crippen LogP contribution in [0.1, 0.15) is 27.2 Å². The van der Waals surface area contributed by atoms with Crippen LogP contribution in [0.3, 0.4) is 0 Å². The van der Waals surface area contributed by atoms with Crippen LogP contribution in [0.5, 0.6) is 0 Å². The summed E-state index contributed by atoms with van der Waals surface area (Å²) < 4.78 is 0. The van der Waals surface area contributed by atoms with E-state index in [1.165, 1.54) is 0 Å². The lowest BCUT2D eigenvalue weighted by molar-refractivity contribution is -0.140. The third-order valence-corrected chi connectivity index (χ3v) is 2.37. The van der Waals surface area contributed by atoms with Gasteiger partial charge in [-0.1, -0.05) is 13.8 Å². The van der Waals surface area contributed by atoms with Crippen molar-refractivity contribution in [2.45, 2.75) is 39.3 Å². The number of amides is 3. The smallest absolute Gasteiger partial charge is 0.326 e. The fraction of sp³-hybridized carbons (Fsp3) is 0.700. The summed E-state index contributed by atoms with van der Waals surface area (Å²) in [6.07, 6.45) is -0.432. The number of urea groups is 1. The lowest BCUT2D eigenvalue weighted by atomic mass is 10.1. The predicted molar refractivity (Wildman–Crippen MR) is 61.2 cm³/mol. The van der Waals surface area contributed by atoms with Gasteiger partial charge in [0.2, 0.25) is 5.91 Å². The number of nitrogens with two attached hydrogens (primary N) is 1. The molecule has 0 aliphatic rings. The molecular formula is C10H19N3O4. The average molecular weight is 245 g/mol. The molecule has 0 aliphatic heterocycles. The van der Waals surface area contributed by atoms with Crippen molar-refractivity contribution in [2.24, 2.45) is 11.7 Å². The first-order valence-electron chi connectivity index (χ1n) is 5.32. The molecule has 3 amide bonds. The first-order chi connectivity index (χ1) is 7.73. The number of aliphatic carboxylic acids is 1. The van der Waals surface area contributed by atoms with E-state index in [1.54, 1.807) is 6.92 Å². The topological polar surface area (TPSA) is 122 Å². The zero-order valence-electron chi connectivity index (χ0n) is 10.2. The van der Waals surface area contributed by atoms with Crippen molar-refractivity contribution < 1.29 is 19.5 Å². The van der Waals surface area contributed by atoms with Crippen molar-refractivity contribution in [1.82, 2.24) is 10.6 Å². The molecule has 0 aromatic heterocycles. The summed E-state index contributed by atoms with van der Waals surface area (Å²) in [6.45, 7) is 5.64. The molecule has 0 saturated heterocycles. The van der Waals surface area contributed by atoms with Crippen LogP contribution >= 0.6 is 0 Å². The minimum Gasteiger partial charge on any atom is -0.480 e. The molecular weight excluding hydrogens is 226 g/mol. The van der Waals surface area contributed by atoms with E-state index in [4.69, 9.17) is 10.8 Å². The summed E-state index contributed by atoms with van der Waals surface area (Å²) in [5, 5.41) is 13.5. The third kappa shape index (κ3) is 6.39. The van der Waals surface area contributed by atoms with Crippen molar-refractivity contribution in [3.05, 3.63) is 0 Å². The maximum atomic E-state index is 11.4. The number of carbonyl (C=O) groups excluding carboxylic acids is 2. The molecule has 7 heteroatoms. The van der Waals surface area contributed by atoms with Gasteiger partial charge in [-0.15, -0.1) is 0 Å². The van der Waals surface area contributed by atoms with Crippen LogP contribution < -0.4 is 16.4 Å². The van der Waals surface area contributed by atoms with Crippen LogP contribution in [0.2, 0.25) is 0 Å². The Hall–Kier alpha value is -1.79. The first kappa shape index (κ1) is 15.2. The lowest BCUT2D eigenvalue weighted by Gasteiger charge is -2.19. The Labute approximate surface area is 99.7 Å². The number of hydrogen-bond acceptors (Lipinski definition) is 3. The molecule has 0 bridgehead atoms. The number of nitrogens with one attached hydrogen (secondary N) is 2. The number of rotatable bonds is 6. The highest BCUT2D eigenvalue weighted by molar-refractivity contribution is 5.87. The fourth-order valence-corrected chi connectivity index (χ4v) is 0.975. The van der Waals surface area contributed by atoms with E-state index < -0.39 is 30.4 Å². The molecule has 0 aromatic carbocycles. The fourth-order valence-electron chi connectivity index (χ4n) is 0.975. The number of carbonyl (C=O) groups is 3. The Kier molecular flexibility index (Phi) is 6.01. The van der Waals surface area contributed by atoms with E-state index in [9.17, 15) is 14.4 Å². The third-order valence-electron chi connectivity index (χ3n) is 2.37. The second-order valence-electron chi connectivity index (χ2n) is 4.21. The Morgan fingerprint density at radius 2 is 1.71 bits per heavy atom. The van der Waals surface area contributed by atoms with Gasteiger partial charge in [0.05, 0.1) is 6.42 Å². The van der Waals surface area contributed by atoms with Gasteiger partial charge < -0.3 is 21.5 Å². The minimum atomic E-state index is -1.30. The maximum absolute atomic E-state index is 11.4. The van der Waals surface area contributed by atoms with Gasteiger partial charge in [-0.3, -0.25) is 4.79 Å². The SMILES string of the molecule is CC(C)C(C)NC(=O)N[C@H](CC(N)=O)C(=O)O. The molecule has 1 unspecified atom stereocenters. The highest BCUT2D eigenvalue weighted by atomic mass is 16.4. The molecule has 0 heterocycles. The summed E-state index contributed by atoms with van der Waals surface area (Å²) >= 11 is 0. The van der Waals surface area contributed by atoms with Crippen molar-refractivity contribution in [3.8, 4) is 0 Å². The molecule has 2 atom stereocenters. The second-order valence-corrected chi connectivity index (χ2v) is 4.21. The van der Waals surface area contributed by atoms with Crippen molar-refractivity contribution in [2.75, 3.05) is 0 Å². The Morgan fingerprint density at radius 1 is 1.18 bits per heavy atom. The number of carboxylic acids is 1. The summed E-state index contributed by atoms with van der Waals surface area (Å²) in [5.41, 5.74) is 4.88. The van der Waals surface area contributed by atoms with E-state index in [0.717, 1.165) is 0 Å². The maximum Gasteiger partial charge on any atom is 0.326 e. The zero-order valence-corrected chi connectivity index (χ0v) is 10.2. The van der Waals surface area contributed by atoms with Gasteiger partial charge in [0, 0.05) is 6.04 Å². The molecule has 0 saturated carbocycles. The van der Waals surface area contributed by atoms with Crippen LogP contribution in [-0.4, -0.2) is 35.1 Å². The molecule has 0 rings (SSSR count). The molecule has 17 heavy (non-hydrogen) atoms. The van der Waals surface area contributed by atoms with E-state index >= 15 is 0 Å². The van der Waals surface area contributed by atoms with Crippen molar-refractivity contribution in [3.63, 3.8) is 0 Å². The molecule has 0 aliphatic carbocycles. The van der Waals surface area contributed by atoms with E-state index in [-0.39, 0.29) is 12.0 Å². The molecule has 7 nitrogen and oxygen atoms in total. The number of hydrogen-bond donors (Lipinski definition) is 4. The molecule has 0 aromatic rings. The standard InChI is InChI=1S/C10H19N3O4/c1-5(2)6(3)12-10(17)13-7(9(15)16)4-8(11)14/h5-7H,4H2,1-3H3,(H2,11,14)(H,15,16)(H2,12,13,17)/t6?,7-/m1/s1. The van der Waals surface area contributed by atoms with Crippen LogP contribution in [0, 0.1) is 5.92 Å². The Balaban J connectivity index is 4.31. The summed E-state index contributed by atoms with van der Waals surface area (Å²) in [5.74, 6) is -1.86. The van der Waals surface area contributed by atoms with E-state index in [0.29, 0.717) is 0 Å². The van der Waals surface area contributed by atoms with E-state index in [2.05, 4.69) is 10.6 Å². The van der Waals surface area contributed by atoms with E-state index in [1.807, 2.05) is 13.8 Å². The van der Waals surface area contributed by atoms with Gasteiger partial charge in [0.1, 0.15) is 6.04 Å². The molecule has 5 N–H and O–H groups in total. The zero-order chi connectivity index (χ0) is 13.6. The van der Waals surface area contributed by atoms with Crippen LogP contribution in [0.25, 0.3) is 0 Å². The second kappa shape index (κ2) is 6.72. The lowest BCUT2D eigenvalue weighted by Crippen LogP contribution is -2.50. The number of carboxylic acid groups (broad SMARTS) is 1. The Morgan fingerprint density at radius 3 is 2.06 bits per heavy atom. The van der Waals surface area contributed by atoms with Crippen LogP contribution in [-0.2, 0) is 9.59 Å². The van der Waals surface area contributed by atoms with Gasteiger partial charge in [0.25, 0.3) is 0 Å². The number of primary amides is 1. The minimum absolute atomic E-state index is 0.0991. The summed E-state index contributed by atoms with van der Waals surface area (Å²) in [7, 11) is 0. The quantitative estimate of drug-likeness (QED) is 0.511. The molecule has 98 valence electrons. The van der Waals surface area contributed by atoms with Gasteiger partial charge in [-0.2, -0.15) is 0 Å². The van der Waals surface area contributed by atoms with Crippen molar-refractivity contribution in [1.29, 1.82) is 0 Å². The normalized spacial score (nSPS) is 13.9. The Bertz CT molecular complexity index is 304. The van der Waals surface area contributed by atoms with Gasteiger partial charge >= 0.3 is 12.0 Å². The largest absolute Gasteiger partial charge is 0.480 e. The average Bonchev–Trinajstić information content (AvgIpc) is 2.15. The van der Waals surface area contributed by atoms with Crippen LogP contribution in [0.4, 0.5) is 4.79 Å². The van der Waals surface area contributed by atoms with Gasteiger partial charge in [-0.25, -0.2) is 9.59 Å². The summed E-state index contributed by atoms with van der Waals surface area (Å²) in [4.78, 5) is 32.8. The van der Waals surface area contributed by atoms with Crippen molar-refractivity contribution >= 4 is 17.9 Å². The first-order valence-corrected chi connectivity index (χ1v) is 5.32. The monoisotopic (exact) mass is 245 g/mol. The van der Waals surface area contributed by atoms with Gasteiger partial charge in [-0.05, 0) is 12.8 Å². The highest BCUT2D eigenvalue weighted by Gasteiger charge is 2.22. The highest BCUT2D eigenvalue weighted by Crippen LogP contribution is 1.99. The molecule has 0 radical (unpaired) electrons. The summed E-state index contributed by atoms with van der Waals surface area (Å²) in [6, 6.07) is -2.02. The molecule has 0 fully saturated rings. The predicted octanol–water partition coefficient (Wildman–Crippen LogP) is -0.341. The molecule has 0 spiro atoms. The van der Waals surface area contributed by atoms with Crippen LogP contribution in [0.15, 0.2) is 0 Å².